The fraction of sp³-hybridized carbons (Fsp3) is 0.294. The van der Waals surface area contributed by atoms with E-state index in [-0.39, 0.29) is 5.91 Å². The highest BCUT2D eigenvalue weighted by Crippen LogP contribution is 2.26. The van der Waals surface area contributed by atoms with E-state index in [0.717, 1.165) is 34.9 Å². The summed E-state index contributed by atoms with van der Waals surface area (Å²) in [5.41, 5.74) is 3.20. The molecule has 0 fully saturated rings. The van der Waals surface area contributed by atoms with Crippen LogP contribution >= 0.6 is 11.3 Å². The number of hydrogen-bond acceptors (Lipinski definition) is 5. The van der Waals surface area contributed by atoms with E-state index in [9.17, 15) is 4.79 Å². The van der Waals surface area contributed by atoms with Crippen molar-refractivity contribution < 1.29 is 4.79 Å². The normalized spacial score (nSPS) is 10.8. The van der Waals surface area contributed by atoms with E-state index in [1.165, 1.54) is 11.3 Å². The van der Waals surface area contributed by atoms with Crippen molar-refractivity contribution in [2.24, 2.45) is 0 Å². The molecule has 0 spiro atoms. The van der Waals surface area contributed by atoms with Gasteiger partial charge in [-0.25, -0.2) is 0 Å². The zero-order valence-corrected chi connectivity index (χ0v) is 14.7. The minimum Gasteiger partial charge on any atom is -0.296 e. The van der Waals surface area contributed by atoms with Crippen molar-refractivity contribution in [1.82, 2.24) is 20.0 Å². The van der Waals surface area contributed by atoms with E-state index in [1.807, 2.05) is 48.9 Å². The highest BCUT2D eigenvalue weighted by molar-refractivity contribution is 7.18. The molecule has 0 aliphatic carbocycles. The van der Waals surface area contributed by atoms with Crippen molar-refractivity contribution in [1.29, 1.82) is 0 Å². The fourth-order valence-electron chi connectivity index (χ4n) is 2.59. The Hall–Kier alpha value is -2.54. The molecule has 0 aliphatic rings. The maximum Gasteiger partial charge on any atom is 0.261 e. The molecule has 3 rings (SSSR count). The molecule has 1 aromatic carbocycles. The molecule has 0 atom stereocenters. The lowest BCUT2D eigenvalue weighted by atomic mass is 10.2. The van der Waals surface area contributed by atoms with E-state index < -0.39 is 0 Å². The Labute approximate surface area is 144 Å². The quantitative estimate of drug-likeness (QED) is 0.768. The average molecular weight is 341 g/mol. The molecule has 6 nitrogen and oxygen atoms in total. The molecule has 2 heterocycles. The molecular weight excluding hydrogens is 322 g/mol. The van der Waals surface area contributed by atoms with Gasteiger partial charge in [-0.2, -0.15) is 5.10 Å². The van der Waals surface area contributed by atoms with Gasteiger partial charge in [0.25, 0.3) is 5.91 Å². The zero-order chi connectivity index (χ0) is 17.1. The Morgan fingerprint density at radius 3 is 2.67 bits per heavy atom. The predicted molar refractivity (Wildman–Crippen MR) is 95.3 cm³/mol. The molecule has 0 saturated heterocycles. The van der Waals surface area contributed by atoms with E-state index in [1.54, 1.807) is 0 Å². The molecule has 0 unspecified atom stereocenters. The number of hydrogen-bond donors (Lipinski definition) is 1. The van der Waals surface area contributed by atoms with Gasteiger partial charge in [0.1, 0.15) is 5.01 Å². The number of aryl methyl sites for hydroxylation is 2. The predicted octanol–water partition coefficient (Wildman–Crippen LogP) is 3.68. The Morgan fingerprint density at radius 1 is 1.21 bits per heavy atom. The Kier molecular flexibility index (Phi) is 4.71. The van der Waals surface area contributed by atoms with Crippen molar-refractivity contribution in [3.63, 3.8) is 0 Å². The molecule has 2 aromatic heterocycles. The summed E-state index contributed by atoms with van der Waals surface area (Å²) in [6, 6.07) is 9.78. The van der Waals surface area contributed by atoms with Gasteiger partial charge in [-0.1, -0.05) is 48.6 Å². The van der Waals surface area contributed by atoms with Crippen LogP contribution in [0.15, 0.2) is 30.3 Å². The second-order valence-electron chi connectivity index (χ2n) is 5.50. The van der Waals surface area contributed by atoms with Crippen LogP contribution in [0.2, 0.25) is 0 Å². The summed E-state index contributed by atoms with van der Waals surface area (Å²) in [4.78, 5) is 12.6. The number of amides is 1. The first-order chi connectivity index (χ1) is 11.6. The Bertz CT molecular complexity index is 853. The second kappa shape index (κ2) is 6.92. The Balaban J connectivity index is 1.80. The van der Waals surface area contributed by atoms with Crippen LogP contribution < -0.4 is 5.32 Å². The van der Waals surface area contributed by atoms with Gasteiger partial charge in [-0.3, -0.25) is 14.8 Å². The third-order valence-corrected chi connectivity index (χ3v) is 4.60. The van der Waals surface area contributed by atoms with Gasteiger partial charge in [-0.15, -0.1) is 10.2 Å². The Morgan fingerprint density at radius 2 is 1.96 bits per heavy atom. The fourth-order valence-corrected chi connectivity index (χ4v) is 3.33. The number of carbonyl (C=O) groups is 1. The molecule has 0 radical (unpaired) electrons. The number of anilines is 1. The van der Waals surface area contributed by atoms with Gasteiger partial charge in [0.05, 0.1) is 11.3 Å². The smallest absolute Gasteiger partial charge is 0.261 e. The lowest BCUT2D eigenvalue weighted by Crippen LogP contribution is -2.14. The van der Waals surface area contributed by atoms with Gasteiger partial charge < -0.3 is 0 Å². The summed E-state index contributed by atoms with van der Waals surface area (Å²) < 4.78 is 1.87. The first-order valence-corrected chi connectivity index (χ1v) is 8.66. The summed E-state index contributed by atoms with van der Waals surface area (Å²) in [6.45, 7) is 6.66. The minimum atomic E-state index is -0.192. The molecule has 0 bridgehead atoms. The van der Waals surface area contributed by atoms with Crippen LogP contribution in [0.1, 0.15) is 35.1 Å². The molecular formula is C17H19N5OS. The van der Waals surface area contributed by atoms with Gasteiger partial charge >= 0.3 is 0 Å². The summed E-state index contributed by atoms with van der Waals surface area (Å²) in [5.74, 6) is -0.192. The lowest BCUT2D eigenvalue weighted by Gasteiger charge is -2.03. The maximum atomic E-state index is 12.6. The molecule has 0 aliphatic heterocycles. The first kappa shape index (κ1) is 16.3. The van der Waals surface area contributed by atoms with E-state index in [2.05, 4.69) is 27.5 Å². The number of rotatable bonds is 5. The van der Waals surface area contributed by atoms with Crippen LogP contribution in [-0.4, -0.2) is 25.9 Å². The van der Waals surface area contributed by atoms with Crippen molar-refractivity contribution in [2.75, 3.05) is 5.32 Å². The van der Waals surface area contributed by atoms with Crippen LogP contribution in [0.5, 0.6) is 0 Å². The summed E-state index contributed by atoms with van der Waals surface area (Å²) in [6.07, 6.45) is 0.972. The second-order valence-corrected chi connectivity index (χ2v) is 6.48. The van der Waals surface area contributed by atoms with Gasteiger partial charge in [0.15, 0.2) is 0 Å². The highest BCUT2D eigenvalue weighted by Gasteiger charge is 2.20. The van der Waals surface area contributed by atoms with Crippen molar-refractivity contribution >= 4 is 22.4 Å². The standard InChI is InChI=1S/C17H19N5OS/c1-4-10-22-12(3)14(11(2)21-22)15(23)18-17-20-19-16(24-17)13-8-6-5-7-9-13/h5-9H,4,10H2,1-3H3,(H,18,20,23). The van der Waals surface area contributed by atoms with Gasteiger partial charge in [0.2, 0.25) is 5.13 Å². The zero-order valence-electron chi connectivity index (χ0n) is 13.9. The number of benzene rings is 1. The molecule has 24 heavy (non-hydrogen) atoms. The SMILES string of the molecule is CCCn1nc(C)c(C(=O)Nc2nnc(-c3ccccc3)s2)c1C. The number of nitrogens with one attached hydrogen (secondary N) is 1. The van der Waals surface area contributed by atoms with E-state index in [0.29, 0.717) is 10.7 Å². The van der Waals surface area contributed by atoms with Crippen LogP contribution in [0.25, 0.3) is 10.6 Å². The lowest BCUT2D eigenvalue weighted by molar-refractivity contribution is 0.102. The monoisotopic (exact) mass is 341 g/mol. The molecule has 124 valence electrons. The number of aromatic nitrogens is 4. The molecule has 1 N–H and O–H groups in total. The van der Waals surface area contributed by atoms with E-state index in [4.69, 9.17) is 0 Å². The topological polar surface area (TPSA) is 72.7 Å². The largest absolute Gasteiger partial charge is 0.296 e. The summed E-state index contributed by atoms with van der Waals surface area (Å²) >= 11 is 1.36. The average Bonchev–Trinajstić information content (AvgIpc) is 3.14. The van der Waals surface area contributed by atoms with Crippen molar-refractivity contribution in [2.45, 2.75) is 33.7 Å². The van der Waals surface area contributed by atoms with Crippen molar-refractivity contribution in [3.8, 4) is 10.6 Å². The van der Waals surface area contributed by atoms with E-state index >= 15 is 0 Å². The third kappa shape index (κ3) is 3.21. The van der Waals surface area contributed by atoms with Crippen molar-refractivity contribution in [3.05, 3.63) is 47.3 Å². The summed E-state index contributed by atoms with van der Waals surface area (Å²) in [5, 5.41) is 16.8. The van der Waals surface area contributed by atoms with Crippen LogP contribution in [0.3, 0.4) is 0 Å². The van der Waals surface area contributed by atoms with Crippen LogP contribution in [-0.2, 0) is 6.54 Å². The molecule has 0 saturated carbocycles. The molecule has 1 amide bonds. The first-order valence-electron chi connectivity index (χ1n) is 7.84. The minimum absolute atomic E-state index is 0.192. The molecule has 3 aromatic rings. The van der Waals surface area contributed by atoms with Crippen LogP contribution in [0.4, 0.5) is 5.13 Å². The summed E-state index contributed by atoms with van der Waals surface area (Å²) in [7, 11) is 0. The highest BCUT2D eigenvalue weighted by atomic mass is 32.1. The maximum absolute atomic E-state index is 12.6. The number of nitrogens with zero attached hydrogens (tertiary/aromatic N) is 4. The molecule has 7 heteroatoms. The van der Waals surface area contributed by atoms with Gasteiger partial charge in [-0.05, 0) is 20.3 Å². The number of carbonyl (C=O) groups excluding carboxylic acids is 1. The van der Waals surface area contributed by atoms with Crippen LogP contribution in [0, 0.1) is 13.8 Å². The third-order valence-electron chi connectivity index (χ3n) is 3.71. The van der Waals surface area contributed by atoms with Gasteiger partial charge in [0, 0.05) is 17.8 Å².